The van der Waals surface area contributed by atoms with Crippen molar-refractivity contribution >= 4 is 0 Å². The minimum Gasteiger partial charge on any atom is -0.475 e. The zero-order chi connectivity index (χ0) is 12.4. The van der Waals surface area contributed by atoms with Gasteiger partial charge < -0.3 is 4.74 Å². The number of ether oxygens (including phenoxy) is 1. The highest BCUT2D eigenvalue weighted by Gasteiger charge is 2.31. The van der Waals surface area contributed by atoms with Crippen LogP contribution in [-0.2, 0) is 6.18 Å². The fourth-order valence-corrected chi connectivity index (χ4v) is 1.06. The van der Waals surface area contributed by atoms with Gasteiger partial charge in [0.05, 0.1) is 5.56 Å². The molecule has 0 fully saturated rings. The molecule has 0 heterocycles. The molecule has 0 aromatic heterocycles. The van der Waals surface area contributed by atoms with Crippen molar-refractivity contribution in [1.82, 2.24) is 0 Å². The van der Waals surface area contributed by atoms with Crippen LogP contribution in [0.5, 0.6) is 5.75 Å². The number of alkyl halides is 3. The maximum atomic E-state index is 12.4. The molecular weight excluding hydrogens is 217 g/mol. The molecule has 0 unspecified atom stereocenters. The number of terminal acetylenes is 1. The van der Waals surface area contributed by atoms with Crippen LogP contribution in [0.3, 0.4) is 0 Å². The van der Waals surface area contributed by atoms with E-state index in [2.05, 4.69) is 5.92 Å². The van der Waals surface area contributed by atoms with Gasteiger partial charge in [-0.05, 0) is 32.0 Å². The van der Waals surface area contributed by atoms with Gasteiger partial charge in [0.25, 0.3) is 0 Å². The van der Waals surface area contributed by atoms with Crippen molar-refractivity contribution in [2.45, 2.75) is 25.6 Å². The third kappa shape index (κ3) is 3.20. The summed E-state index contributed by atoms with van der Waals surface area (Å²) in [5, 5.41) is 0. The number of benzene rings is 1. The average Bonchev–Trinajstić information content (AvgIpc) is 2.16. The van der Waals surface area contributed by atoms with E-state index in [1.807, 2.05) is 0 Å². The van der Waals surface area contributed by atoms with Crippen LogP contribution in [-0.4, -0.2) is 5.60 Å². The molecule has 0 atom stereocenters. The van der Waals surface area contributed by atoms with E-state index in [0.29, 0.717) is 0 Å². The second-order valence-corrected chi connectivity index (χ2v) is 3.78. The minimum absolute atomic E-state index is 0.109. The van der Waals surface area contributed by atoms with E-state index in [9.17, 15) is 13.2 Å². The molecule has 1 aromatic carbocycles. The summed E-state index contributed by atoms with van der Waals surface area (Å²) in [6, 6.07) is 4.63. The van der Waals surface area contributed by atoms with E-state index in [1.165, 1.54) is 12.1 Å². The maximum Gasteiger partial charge on any atom is 0.416 e. The minimum atomic E-state index is -4.38. The molecule has 0 spiro atoms. The summed E-state index contributed by atoms with van der Waals surface area (Å²) < 4.78 is 42.4. The Morgan fingerprint density at radius 1 is 1.25 bits per heavy atom. The molecule has 0 saturated carbocycles. The summed E-state index contributed by atoms with van der Waals surface area (Å²) in [6.07, 6.45) is 0.805. The Labute approximate surface area is 92.2 Å². The standard InChI is InChI=1S/C12H11F3O/c1-4-11(2,3)16-10-7-5-6-9(8-10)12(13,14)15/h1,5-8H,2-3H3. The second kappa shape index (κ2) is 4.09. The van der Waals surface area contributed by atoms with Crippen molar-refractivity contribution in [2.24, 2.45) is 0 Å². The highest BCUT2D eigenvalue weighted by Crippen LogP contribution is 2.32. The SMILES string of the molecule is C#CC(C)(C)Oc1cccc(C(F)(F)F)c1. The topological polar surface area (TPSA) is 9.23 Å². The van der Waals surface area contributed by atoms with Crippen LogP contribution < -0.4 is 4.74 Å². The van der Waals surface area contributed by atoms with E-state index >= 15 is 0 Å². The molecule has 0 amide bonds. The fourth-order valence-electron chi connectivity index (χ4n) is 1.06. The fraction of sp³-hybridized carbons (Fsp3) is 0.333. The Morgan fingerprint density at radius 2 is 1.88 bits per heavy atom. The highest BCUT2D eigenvalue weighted by molar-refractivity contribution is 5.31. The molecule has 1 nitrogen and oxygen atoms in total. The third-order valence-electron chi connectivity index (χ3n) is 1.88. The van der Waals surface area contributed by atoms with E-state index in [-0.39, 0.29) is 5.75 Å². The number of hydrogen-bond acceptors (Lipinski definition) is 1. The average molecular weight is 228 g/mol. The molecule has 16 heavy (non-hydrogen) atoms. The quantitative estimate of drug-likeness (QED) is 0.704. The van der Waals surface area contributed by atoms with E-state index in [1.54, 1.807) is 13.8 Å². The molecule has 86 valence electrons. The number of rotatable bonds is 2. The number of halogens is 3. The van der Waals surface area contributed by atoms with Crippen molar-refractivity contribution < 1.29 is 17.9 Å². The first-order valence-corrected chi connectivity index (χ1v) is 4.59. The molecule has 0 aliphatic rings. The summed E-state index contributed by atoms with van der Waals surface area (Å²) in [6.45, 7) is 3.21. The first kappa shape index (κ1) is 12.4. The first-order chi connectivity index (χ1) is 7.24. The van der Waals surface area contributed by atoms with Crippen molar-refractivity contribution in [3.8, 4) is 18.1 Å². The third-order valence-corrected chi connectivity index (χ3v) is 1.88. The van der Waals surface area contributed by atoms with Gasteiger partial charge in [-0.15, -0.1) is 6.42 Å². The predicted octanol–water partition coefficient (Wildman–Crippen LogP) is 3.50. The summed E-state index contributed by atoms with van der Waals surface area (Å²) in [5.41, 5.74) is -1.68. The molecule has 0 N–H and O–H groups in total. The molecule has 0 aliphatic carbocycles. The van der Waals surface area contributed by atoms with Gasteiger partial charge in [0.15, 0.2) is 5.60 Å². The normalized spacial score (nSPS) is 12.0. The lowest BCUT2D eigenvalue weighted by atomic mass is 10.1. The first-order valence-electron chi connectivity index (χ1n) is 4.59. The van der Waals surface area contributed by atoms with E-state index < -0.39 is 17.3 Å². The summed E-state index contributed by atoms with van der Waals surface area (Å²) in [7, 11) is 0. The van der Waals surface area contributed by atoms with Gasteiger partial charge in [0.2, 0.25) is 0 Å². The largest absolute Gasteiger partial charge is 0.475 e. The second-order valence-electron chi connectivity index (χ2n) is 3.78. The summed E-state index contributed by atoms with van der Waals surface area (Å²) in [5.74, 6) is 2.45. The maximum absolute atomic E-state index is 12.4. The van der Waals surface area contributed by atoms with E-state index in [4.69, 9.17) is 11.2 Å². The lowest BCUT2D eigenvalue weighted by molar-refractivity contribution is -0.137. The molecule has 0 radical (unpaired) electrons. The van der Waals surface area contributed by atoms with Gasteiger partial charge in [-0.3, -0.25) is 0 Å². The molecule has 0 saturated heterocycles. The van der Waals surface area contributed by atoms with Gasteiger partial charge in [0.1, 0.15) is 5.75 Å². The summed E-state index contributed by atoms with van der Waals surface area (Å²) in [4.78, 5) is 0. The van der Waals surface area contributed by atoms with E-state index in [0.717, 1.165) is 12.1 Å². The molecule has 1 aromatic rings. The molecule has 0 bridgehead atoms. The van der Waals surface area contributed by atoms with Crippen LogP contribution in [0.25, 0.3) is 0 Å². The number of hydrogen-bond donors (Lipinski definition) is 0. The van der Waals surface area contributed by atoms with Crippen LogP contribution in [0.15, 0.2) is 24.3 Å². The molecule has 4 heteroatoms. The Bertz CT molecular complexity index is 413. The van der Waals surface area contributed by atoms with Gasteiger partial charge in [-0.1, -0.05) is 12.0 Å². The predicted molar refractivity (Wildman–Crippen MR) is 55.0 cm³/mol. The monoisotopic (exact) mass is 228 g/mol. The van der Waals surface area contributed by atoms with Crippen LogP contribution in [0.4, 0.5) is 13.2 Å². The Kier molecular flexibility index (Phi) is 3.18. The van der Waals surface area contributed by atoms with Gasteiger partial charge in [0, 0.05) is 0 Å². The van der Waals surface area contributed by atoms with Gasteiger partial charge in [-0.25, -0.2) is 0 Å². The lowest BCUT2D eigenvalue weighted by Crippen LogP contribution is -2.25. The molecule has 0 aliphatic heterocycles. The Hall–Kier alpha value is -1.63. The van der Waals surface area contributed by atoms with Crippen molar-refractivity contribution in [3.63, 3.8) is 0 Å². The van der Waals surface area contributed by atoms with Crippen LogP contribution in [0.1, 0.15) is 19.4 Å². The van der Waals surface area contributed by atoms with Gasteiger partial charge >= 0.3 is 6.18 Å². The lowest BCUT2D eigenvalue weighted by Gasteiger charge is -2.20. The van der Waals surface area contributed by atoms with Crippen LogP contribution in [0, 0.1) is 12.3 Å². The highest BCUT2D eigenvalue weighted by atomic mass is 19.4. The molecular formula is C12H11F3O. The van der Waals surface area contributed by atoms with Crippen LogP contribution >= 0.6 is 0 Å². The van der Waals surface area contributed by atoms with Crippen molar-refractivity contribution in [1.29, 1.82) is 0 Å². The zero-order valence-corrected chi connectivity index (χ0v) is 8.93. The van der Waals surface area contributed by atoms with Crippen molar-refractivity contribution in [2.75, 3.05) is 0 Å². The molecule has 1 rings (SSSR count). The van der Waals surface area contributed by atoms with Crippen molar-refractivity contribution in [3.05, 3.63) is 29.8 Å². The van der Waals surface area contributed by atoms with Gasteiger partial charge in [-0.2, -0.15) is 13.2 Å². The Morgan fingerprint density at radius 3 is 2.38 bits per heavy atom. The Balaban J connectivity index is 2.97. The summed E-state index contributed by atoms with van der Waals surface area (Å²) >= 11 is 0. The zero-order valence-electron chi connectivity index (χ0n) is 8.93. The van der Waals surface area contributed by atoms with Crippen LogP contribution in [0.2, 0.25) is 0 Å². The smallest absolute Gasteiger partial charge is 0.416 e.